The van der Waals surface area contributed by atoms with E-state index in [1.165, 1.54) is 15.0 Å². The fourth-order valence-corrected chi connectivity index (χ4v) is 4.07. The maximum absolute atomic E-state index is 12.1. The number of hydrogen-bond donors (Lipinski definition) is 1. The summed E-state index contributed by atoms with van der Waals surface area (Å²) in [7, 11) is 0. The average Bonchev–Trinajstić information content (AvgIpc) is 2.96. The lowest BCUT2D eigenvalue weighted by atomic mass is 10.2. The first-order valence-electron chi connectivity index (χ1n) is 7.71. The molecule has 1 unspecified atom stereocenters. The van der Waals surface area contributed by atoms with Crippen molar-refractivity contribution in [3.63, 3.8) is 0 Å². The van der Waals surface area contributed by atoms with Crippen LogP contribution in [0.25, 0.3) is 5.65 Å². The number of H-pyrrole nitrogens is 1. The molecule has 0 bridgehead atoms. The highest BCUT2D eigenvalue weighted by molar-refractivity contribution is 7.99. The topological polar surface area (TPSA) is 53.4 Å². The molecule has 0 saturated heterocycles. The number of fused-ring (bicyclic) bond motifs is 2. The van der Waals surface area contributed by atoms with Crippen molar-refractivity contribution in [2.75, 3.05) is 5.75 Å². The first-order chi connectivity index (χ1) is 11.2. The van der Waals surface area contributed by atoms with E-state index in [4.69, 9.17) is 0 Å². The van der Waals surface area contributed by atoms with Crippen molar-refractivity contribution in [3.05, 3.63) is 64.2 Å². The van der Waals surface area contributed by atoms with E-state index in [1.807, 2.05) is 17.8 Å². The van der Waals surface area contributed by atoms with Crippen molar-refractivity contribution in [2.24, 2.45) is 0 Å². The minimum Gasteiger partial charge on any atom is -0.297 e. The lowest BCUT2D eigenvalue weighted by molar-refractivity contribution is 0.205. The Labute approximate surface area is 138 Å². The molecule has 0 fully saturated rings. The minimum absolute atomic E-state index is 0.0627. The Morgan fingerprint density at radius 1 is 1.35 bits per heavy atom. The van der Waals surface area contributed by atoms with Crippen LogP contribution < -0.4 is 5.56 Å². The smallest absolute Gasteiger partial charge is 0.272 e. The monoisotopic (exact) mass is 326 g/mol. The summed E-state index contributed by atoms with van der Waals surface area (Å²) in [4.78, 5) is 20.5. The van der Waals surface area contributed by atoms with Gasteiger partial charge in [-0.05, 0) is 18.6 Å². The summed E-state index contributed by atoms with van der Waals surface area (Å²) >= 11 is 1.91. The van der Waals surface area contributed by atoms with Crippen LogP contribution in [0.1, 0.15) is 18.2 Å². The molecule has 0 saturated carbocycles. The summed E-state index contributed by atoms with van der Waals surface area (Å²) in [6.07, 6.45) is 1.73. The van der Waals surface area contributed by atoms with Crippen LogP contribution in [0.3, 0.4) is 0 Å². The second-order valence-corrected chi connectivity index (χ2v) is 6.98. The molecule has 5 nitrogen and oxygen atoms in total. The molecule has 23 heavy (non-hydrogen) atoms. The van der Waals surface area contributed by atoms with Gasteiger partial charge >= 0.3 is 0 Å². The molecule has 4 rings (SSSR count). The van der Waals surface area contributed by atoms with Crippen LogP contribution in [-0.4, -0.2) is 31.3 Å². The van der Waals surface area contributed by atoms with Gasteiger partial charge in [0, 0.05) is 48.1 Å². The fraction of sp³-hybridized carbons (Fsp3) is 0.294. The van der Waals surface area contributed by atoms with Crippen LogP contribution in [0.5, 0.6) is 0 Å². The Morgan fingerprint density at radius 3 is 3.13 bits per heavy atom. The third-order valence-corrected chi connectivity index (χ3v) is 5.61. The highest BCUT2D eigenvalue weighted by Crippen LogP contribution is 2.30. The van der Waals surface area contributed by atoms with Crippen LogP contribution in [0.2, 0.25) is 0 Å². The summed E-state index contributed by atoms with van der Waals surface area (Å²) in [6.45, 7) is 3.81. The van der Waals surface area contributed by atoms with Crippen LogP contribution in [-0.2, 0) is 13.1 Å². The Kier molecular flexibility index (Phi) is 3.71. The van der Waals surface area contributed by atoms with Gasteiger partial charge in [0.25, 0.3) is 5.56 Å². The zero-order valence-electron chi connectivity index (χ0n) is 12.9. The van der Waals surface area contributed by atoms with E-state index in [2.05, 4.69) is 46.2 Å². The molecule has 2 aromatic heterocycles. The van der Waals surface area contributed by atoms with Crippen molar-refractivity contribution in [2.45, 2.75) is 31.0 Å². The first kappa shape index (κ1) is 14.5. The number of nitrogens with one attached hydrogen (secondary N) is 1. The highest BCUT2D eigenvalue weighted by atomic mass is 32.2. The molecule has 1 N–H and O–H groups in total. The third kappa shape index (κ3) is 2.80. The highest BCUT2D eigenvalue weighted by Gasteiger charge is 2.21. The molecule has 0 spiro atoms. The lowest BCUT2D eigenvalue weighted by Crippen LogP contribution is -2.33. The van der Waals surface area contributed by atoms with Gasteiger partial charge in [-0.1, -0.05) is 18.2 Å². The molecule has 0 radical (unpaired) electrons. The zero-order valence-corrected chi connectivity index (χ0v) is 13.7. The SMILES string of the molecule is CC1CSc2ccccc2CN1Cc1cc(=O)n2[nH]ccc2n1. The second kappa shape index (κ2) is 5.86. The van der Waals surface area contributed by atoms with Gasteiger partial charge in [-0.25, -0.2) is 9.50 Å². The van der Waals surface area contributed by atoms with E-state index in [9.17, 15) is 4.79 Å². The number of aromatic amines is 1. The van der Waals surface area contributed by atoms with E-state index in [0.717, 1.165) is 18.0 Å². The van der Waals surface area contributed by atoms with Crippen molar-refractivity contribution in [1.29, 1.82) is 0 Å². The van der Waals surface area contributed by atoms with E-state index < -0.39 is 0 Å². The summed E-state index contributed by atoms with van der Waals surface area (Å²) in [5.74, 6) is 1.04. The van der Waals surface area contributed by atoms with E-state index >= 15 is 0 Å². The number of thioether (sulfide) groups is 1. The van der Waals surface area contributed by atoms with Gasteiger partial charge in [-0.15, -0.1) is 11.8 Å². The van der Waals surface area contributed by atoms with Gasteiger partial charge in [0.2, 0.25) is 0 Å². The summed E-state index contributed by atoms with van der Waals surface area (Å²) in [5, 5.41) is 2.88. The van der Waals surface area contributed by atoms with Crippen molar-refractivity contribution >= 4 is 17.4 Å². The van der Waals surface area contributed by atoms with Crippen LogP contribution >= 0.6 is 11.8 Å². The largest absolute Gasteiger partial charge is 0.297 e. The Morgan fingerprint density at radius 2 is 2.22 bits per heavy atom. The summed E-state index contributed by atoms with van der Waals surface area (Å²) in [6, 6.07) is 12.4. The van der Waals surface area contributed by atoms with E-state index in [1.54, 1.807) is 12.3 Å². The Bertz CT molecular complexity index is 901. The fourth-order valence-electron chi connectivity index (χ4n) is 2.94. The Balaban J connectivity index is 1.65. The van der Waals surface area contributed by atoms with Gasteiger partial charge in [-0.3, -0.25) is 14.8 Å². The molecule has 3 heterocycles. The van der Waals surface area contributed by atoms with Crippen LogP contribution in [0.4, 0.5) is 0 Å². The zero-order chi connectivity index (χ0) is 15.8. The normalized spacial score (nSPS) is 18.7. The lowest BCUT2D eigenvalue weighted by Gasteiger charge is -2.26. The van der Waals surface area contributed by atoms with Gasteiger partial charge < -0.3 is 0 Å². The predicted octanol–water partition coefficient (Wildman–Crippen LogP) is 2.52. The summed E-state index contributed by atoms with van der Waals surface area (Å²) in [5.41, 5.74) is 2.78. The van der Waals surface area contributed by atoms with Crippen molar-refractivity contribution in [1.82, 2.24) is 19.5 Å². The molecule has 1 aromatic carbocycles. The molecule has 1 aliphatic heterocycles. The quantitative estimate of drug-likeness (QED) is 0.786. The molecule has 0 aliphatic carbocycles. The minimum atomic E-state index is -0.0627. The molecule has 1 atom stereocenters. The van der Waals surface area contributed by atoms with Gasteiger partial charge in [-0.2, -0.15) is 0 Å². The molecule has 118 valence electrons. The van der Waals surface area contributed by atoms with E-state index in [0.29, 0.717) is 18.2 Å². The second-order valence-electron chi connectivity index (χ2n) is 5.91. The standard InChI is InChI=1S/C17H18N4OS/c1-12-11-23-15-5-3-2-4-13(15)9-20(12)10-14-8-17(22)21-16(19-14)6-7-18-21/h2-8,12,18H,9-11H2,1H3. The van der Waals surface area contributed by atoms with Gasteiger partial charge in [0.05, 0.1) is 5.69 Å². The number of hydrogen-bond acceptors (Lipinski definition) is 4. The van der Waals surface area contributed by atoms with Crippen LogP contribution in [0.15, 0.2) is 52.3 Å². The maximum Gasteiger partial charge on any atom is 0.272 e. The molecule has 6 heteroatoms. The number of nitrogens with zero attached hydrogens (tertiary/aromatic N) is 3. The van der Waals surface area contributed by atoms with Crippen molar-refractivity contribution in [3.8, 4) is 0 Å². The van der Waals surface area contributed by atoms with Gasteiger partial charge in [0.15, 0.2) is 5.65 Å². The number of benzene rings is 1. The first-order valence-corrected chi connectivity index (χ1v) is 8.70. The molecular weight excluding hydrogens is 308 g/mol. The molecular formula is C17H18N4OS. The van der Waals surface area contributed by atoms with Crippen molar-refractivity contribution < 1.29 is 0 Å². The van der Waals surface area contributed by atoms with E-state index in [-0.39, 0.29) is 5.56 Å². The average molecular weight is 326 g/mol. The molecule has 3 aromatic rings. The Hall–Kier alpha value is -2.05. The third-order valence-electron chi connectivity index (χ3n) is 4.25. The molecule has 1 aliphatic rings. The predicted molar refractivity (Wildman–Crippen MR) is 91.7 cm³/mol. The molecule has 0 amide bonds. The number of rotatable bonds is 2. The van der Waals surface area contributed by atoms with Crippen LogP contribution in [0, 0.1) is 0 Å². The summed E-state index contributed by atoms with van der Waals surface area (Å²) < 4.78 is 1.46. The van der Waals surface area contributed by atoms with Gasteiger partial charge in [0.1, 0.15) is 0 Å². The number of aromatic nitrogens is 3. The maximum atomic E-state index is 12.1.